The van der Waals surface area contributed by atoms with Crippen LogP contribution in [-0.4, -0.2) is 65.1 Å². The van der Waals surface area contributed by atoms with E-state index in [1.165, 1.54) is 19.3 Å². The molecule has 0 saturated carbocycles. The van der Waals surface area contributed by atoms with Crippen molar-refractivity contribution in [1.82, 2.24) is 14.8 Å². The van der Waals surface area contributed by atoms with Gasteiger partial charge in [-0.2, -0.15) is 0 Å². The molecular formula is C20H27N3O2S. The van der Waals surface area contributed by atoms with Crippen molar-refractivity contribution < 1.29 is 9.90 Å². The van der Waals surface area contributed by atoms with E-state index in [0.29, 0.717) is 12.5 Å². The van der Waals surface area contributed by atoms with Crippen molar-refractivity contribution in [2.24, 2.45) is 11.8 Å². The third-order valence-corrected chi connectivity index (χ3v) is 6.72. The average Bonchev–Trinajstić information content (AvgIpc) is 3.23. The summed E-state index contributed by atoms with van der Waals surface area (Å²) < 4.78 is 1.07. The van der Waals surface area contributed by atoms with Gasteiger partial charge in [0, 0.05) is 37.7 Å². The number of carbonyl (C=O) groups is 1. The molecule has 4 rings (SSSR count). The van der Waals surface area contributed by atoms with Crippen molar-refractivity contribution >= 4 is 27.5 Å². The van der Waals surface area contributed by atoms with Crippen LogP contribution >= 0.6 is 11.3 Å². The van der Waals surface area contributed by atoms with Gasteiger partial charge >= 0.3 is 0 Å². The number of rotatable bonds is 4. The van der Waals surface area contributed by atoms with Gasteiger partial charge in [-0.3, -0.25) is 4.79 Å². The number of hydrogen-bond acceptors (Lipinski definition) is 5. The molecule has 2 saturated heterocycles. The lowest BCUT2D eigenvalue weighted by Gasteiger charge is -2.30. The normalized spacial score (nSPS) is 24.5. The first-order valence-electron chi connectivity index (χ1n) is 9.63. The molecule has 0 radical (unpaired) electrons. The SMILES string of the molecule is Cc1nc2ccc(C(=O)N3C[C@@H](CN4CCCCC4)[C@@H](CO)C3)cc2s1. The average molecular weight is 374 g/mol. The van der Waals surface area contributed by atoms with E-state index in [9.17, 15) is 9.90 Å². The van der Waals surface area contributed by atoms with Crippen LogP contribution in [0, 0.1) is 18.8 Å². The molecule has 0 unspecified atom stereocenters. The molecule has 1 N–H and O–H groups in total. The molecule has 3 heterocycles. The zero-order valence-corrected chi connectivity index (χ0v) is 16.2. The Labute approximate surface area is 158 Å². The number of carbonyl (C=O) groups excluding carboxylic acids is 1. The summed E-state index contributed by atoms with van der Waals surface area (Å²) in [4.78, 5) is 21.9. The number of nitrogens with zero attached hydrogens (tertiary/aromatic N) is 3. The number of piperidine rings is 1. The summed E-state index contributed by atoms with van der Waals surface area (Å²) in [7, 11) is 0. The van der Waals surface area contributed by atoms with Crippen LogP contribution in [0.15, 0.2) is 18.2 Å². The Morgan fingerprint density at radius 3 is 2.77 bits per heavy atom. The quantitative estimate of drug-likeness (QED) is 0.895. The number of thiazole rings is 1. The van der Waals surface area contributed by atoms with Crippen LogP contribution in [0.2, 0.25) is 0 Å². The Balaban J connectivity index is 1.46. The Morgan fingerprint density at radius 2 is 2.00 bits per heavy atom. The molecule has 2 aromatic rings. The molecule has 0 spiro atoms. The predicted octanol–water partition coefficient (Wildman–Crippen LogP) is 2.77. The lowest BCUT2D eigenvalue weighted by Crippen LogP contribution is -2.37. The highest BCUT2D eigenvalue weighted by molar-refractivity contribution is 7.18. The van der Waals surface area contributed by atoms with Crippen molar-refractivity contribution in [1.29, 1.82) is 0 Å². The maximum absolute atomic E-state index is 13.0. The van der Waals surface area contributed by atoms with E-state index >= 15 is 0 Å². The molecule has 140 valence electrons. The van der Waals surface area contributed by atoms with Gasteiger partial charge in [0.15, 0.2) is 0 Å². The van der Waals surface area contributed by atoms with Gasteiger partial charge in [-0.05, 0) is 57.0 Å². The smallest absolute Gasteiger partial charge is 0.253 e. The maximum atomic E-state index is 13.0. The molecule has 2 atom stereocenters. The van der Waals surface area contributed by atoms with Crippen molar-refractivity contribution in [3.63, 3.8) is 0 Å². The Bertz CT molecular complexity index is 784. The van der Waals surface area contributed by atoms with Crippen LogP contribution in [-0.2, 0) is 0 Å². The Hall–Kier alpha value is -1.50. The third kappa shape index (κ3) is 3.63. The predicted molar refractivity (Wildman–Crippen MR) is 105 cm³/mol. The summed E-state index contributed by atoms with van der Waals surface area (Å²) >= 11 is 1.63. The number of amides is 1. The molecule has 1 aromatic heterocycles. The van der Waals surface area contributed by atoms with Crippen LogP contribution in [0.5, 0.6) is 0 Å². The molecule has 2 fully saturated rings. The van der Waals surface area contributed by atoms with Crippen LogP contribution in [0.1, 0.15) is 34.6 Å². The van der Waals surface area contributed by atoms with Gasteiger partial charge in [0.25, 0.3) is 5.91 Å². The first-order valence-corrected chi connectivity index (χ1v) is 10.5. The molecule has 1 aromatic carbocycles. The second kappa shape index (κ2) is 7.62. The fourth-order valence-corrected chi connectivity index (χ4v) is 5.21. The van der Waals surface area contributed by atoms with E-state index in [1.807, 2.05) is 30.0 Å². The van der Waals surface area contributed by atoms with Crippen molar-refractivity contribution in [2.45, 2.75) is 26.2 Å². The van der Waals surface area contributed by atoms with Crippen LogP contribution in [0.3, 0.4) is 0 Å². The first kappa shape index (κ1) is 17.9. The van der Waals surface area contributed by atoms with Gasteiger partial charge < -0.3 is 14.9 Å². The van der Waals surface area contributed by atoms with E-state index < -0.39 is 0 Å². The Kier molecular flexibility index (Phi) is 5.25. The third-order valence-electron chi connectivity index (χ3n) is 5.78. The van der Waals surface area contributed by atoms with E-state index in [-0.39, 0.29) is 18.4 Å². The van der Waals surface area contributed by atoms with Crippen LogP contribution in [0.4, 0.5) is 0 Å². The van der Waals surface area contributed by atoms with Gasteiger partial charge in [-0.15, -0.1) is 11.3 Å². The van der Waals surface area contributed by atoms with Crippen molar-refractivity contribution in [3.8, 4) is 0 Å². The highest BCUT2D eigenvalue weighted by Gasteiger charge is 2.36. The number of aliphatic hydroxyl groups excluding tert-OH is 1. The van der Waals surface area contributed by atoms with E-state index in [1.54, 1.807) is 11.3 Å². The second-order valence-electron chi connectivity index (χ2n) is 7.69. The van der Waals surface area contributed by atoms with E-state index in [2.05, 4.69) is 9.88 Å². The number of aromatic nitrogens is 1. The molecule has 6 heteroatoms. The summed E-state index contributed by atoms with van der Waals surface area (Å²) in [5, 5.41) is 10.8. The topological polar surface area (TPSA) is 56.7 Å². The molecule has 1 amide bonds. The van der Waals surface area contributed by atoms with Gasteiger partial charge in [0.2, 0.25) is 0 Å². The zero-order chi connectivity index (χ0) is 18.1. The first-order chi connectivity index (χ1) is 12.6. The number of aryl methyl sites for hydroxylation is 1. The largest absolute Gasteiger partial charge is 0.396 e. The molecule has 0 bridgehead atoms. The Morgan fingerprint density at radius 1 is 1.23 bits per heavy atom. The summed E-state index contributed by atoms with van der Waals surface area (Å²) in [6.07, 6.45) is 3.87. The number of fused-ring (bicyclic) bond motifs is 1. The molecule has 2 aliphatic rings. The summed E-state index contributed by atoms with van der Waals surface area (Å²) in [5.41, 5.74) is 1.69. The molecular weight excluding hydrogens is 346 g/mol. The lowest BCUT2D eigenvalue weighted by atomic mass is 9.95. The van der Waals surface area contributed by atoms with Gasteiger partial charge in [-0.1, -0.05) is 6.42 Å². The van der Waals surface area contributed by atoms with Gasteiger partial charge in [0.1, 0.15) is 0 Å². The van der Waals surface area contributed by atoms with Gasteiger partial charge in [0.05, 0.1) is 15.2 Å². The molecule has 0 aliphatic carbocycles. The number of benzene rings is 1. The highest BCUT2D eigenvalue weighted by Crippen LogP contribution is 2.28. The lowest BCUT2D eigenvalue weighted by molar-refractivity contribution is 0.0778. The minimum Gasteiger partial charge on any atom is -0.396 e. The summed E-state index contributed by atoms with van der Waals surface area (Å²) in [5.74, 6) is 0.643. The number of likely N-dealkylation sites (tertiary alicyclic amines) is 2. The molecule has 5 nitrogen and oxygen atoms in total. The molecule has 26 heavy (non-hydrogen) atoms. The molecule has 2 aliphatic heterocycles. The summed E-state index contributed by atoms with van der Waals surface area (Å²) in [6, 6.07) is 5.79. The fourth-order valence-electron chi connectivity index (χ4n) is 4.35. The number of hydrogen-bond donors (Lipinski definition) is 1. The van der Waals surface area contributed by atoms with Crippen molar-refractivity contribution in [2.75, 3.05) is 39.3 Å². The van der Waals surface area contributed by atoms with Gasteiger partial charge in [-0.25, -0.2) is 4.98 Å². The number of aliphatic hydroxyl groups is 1. The minimum absolute atomic E-state index is 0.0811. The van der Waals surface area contributed by atoms with Crippen molar-refractivity contribution in [3.05, 3.63) is 28.8 Å². The monoisotopic (exact) mass is 373 g/mol. The van der Waals surface area contributed by atoms with Crippen LogP contribution < -0.4 is 0 Å². The zero-order valence-electron chi connectivity index (χ0n) is 15.4. The fraction of sp³-hybridized carbons (Fsp3) is 0.600. The van der Waals surface area contributed by atoms with Crippen LogP contribution in [0.25, 0.3) is 10.2 Å². The van der Waals surface area contributed by atoms with E-state index in [0.717, 1.165) is 47.0 Å². The standard InChI is InChI=1S/C20H27N3O2S/c1-14-21-18-6-5-15(9-19(18)26-14)20(25)23-11-16(17(12-23)13-24)10-22-7-3-2-4-8-22/h5-6,9,16-17,24H,2-4,7-8,10-13H2,1H3/t16-,17-/m1/s1. The highest BCUT2D eigenvalue weighted by atomic mass is 32.1. The minimum atomic E-state index is 0.0811. The summed E-state index contributed by atoms with van der Waals surface area (Å²) in [6.45, 7) is 6.88. The van der Waals surface area contributed by atoms with E-state index in [4.69, 9.17) is 0 Å². The second-order valence-corrected chi connectivity index (χ2v) is 8.92. The maximum Gasteiger partial charge on any atom is 0.253 e.